The summed E-state index contributed by atoms with van der Waals surface area (Å²) < 4.78 is 15.3. The fraction of sp³-hybridized carbons (Fsp3) is 0.389. The molecule has 1 aromatic carbocycles. The second-order valence-corrected chi connectivity index (χ2v) is 7.60. The fourth-order valence-electron chi connectivity index (χ4n) is 3.32. The molecule has 4 rings (SSSR count). The fourth-order valence-corrected chi connectivity index (χ4v) is 4.00. The van der Waals surface area contributed by atoms with Gasteiger partial charge in [-0.3, -0.25) is 4.90 Å². The van der Waals surface area contributed by atoms with Gasteiger partial charge in [0, 0.05) is 31.1 Å². The first-order valence-corrected chi connectivity index (χ1v) is 9.55. The Bertz CT molecular complexity index is 824. The molecule has 136 valence electrons. The van der Waals surface area contributed by atoms with Gasteiger partial charge in [-0.05, 0) is 46.6 Å². The van der Waals surface area contributed by atoms with E-state index in [0.717, 1.165) is 37.6 Å². The van der Waals surface area contributed by atoms with Gasteiger partial charge in [-0.2, -0.15) is 0 Å². The third kappa shape index (κ3) is 3.67. The number of hydrogen-bond acceptors (Lipinski definition) is 6. The largest absolute Gasteiger partial charge is 0.304 e. The second-order valence-electron chi connectivity index (χ2n) is 6.57. The molecule has 26 heavy (non-hydrogen) atoms. The summed E-state index contributed by atoms with van der Waals surface area (Å²) >= 11 is 1.69. The molecule has 3 aromatic rings. The molecule has 0 saturated carbocycles. The number of halogens is 1. The molecule has 0 N–H and O–H groups in total. The van der Waals surface area contributed by atoms with Gasteiger partial charge in [0.15, 0.2) is 5.82 Å². The average molecular weight is 372 g/mol. The zero-order valence-electron chi connectivity index (χ0n) is 14.6. The van der Waals surface area contributed by atoms with Crippen LogP contribution < -0.4 is 0 Å². The summed E-state index contributed by atoms with van der Waals surface area (Å²) in [6.45, 7) is 4.47. The first-order chi connectivity index (χ1) is 12.7. The summed E-state index contributed by atoms with van der Waals surface area (Å²) in [5, 5.41) is 14.5. The molecule has 3 heterocycles. The van der Waals surface area contributed by atoms with E-state index in [1.807, 2.05) is 22.9 Å². The number of benzene rings is 1. The van der Waals surface area contributed by atoms with Gasteiger partial charge in [-0.25, -0.2) is 9.07 Å². The quantitative estimate of drug-likeness (QED) is 0.688. The van der Waals surface area contributed by atoms with Gasteiger partial charge in [0.2, 0.25) is 0 Å². The summed E-state index contributed by atoms with van der Waals surface area (Å²) in [7, 11) is 2.13. The van der Waals surface area contributed by atoms with Crippen LogP contribution in [0.5, 0.6) is 0 Å². The molecule has 0 aliphatic carbocycles. The normalized spacial score (nSPS) is 17.5. The Hall–Kier alpha value is -2.16. The van der Waals surface area contributed by atoms with Gasteiger partial charge in [-0.1, -0.05) is 18.2 Å². The standard InChI is InChI=1S/C18H21FN6S/c1-23-8-10-24(11-9-23)17(14-4-6-15(19)7-5-14)18-20-21-22-25(18)13-16-3-2-12-26-16/h2-7,12,17H,8-11,13H2,1H3/t17-/m1/s1. The molecule has 0 bridgehead atoms. The van der Waals surface area contributed by atoms with E-state index in [1.165, 1.54) is 17.0 Å². The number of aromatic nitrogens is 4. The first kappa shape index (κ1) is 17.3. The van der Waals surface area contributed by atoms with Crippen molar-refractivity contribution < 1.29 is 4.39 Å². The van der Waals surface area contributed by atoms with Crippen molar-refractivity contribution in [3.8, 4) is 0 Å². The van der Waals surface area contributed by atoms with Crippen molar-refractivity contribution >= 4 is 11.3 Å². The maximum Gasteiger partial charge on any atom is 0.173 e. The molecule has 2 aromatic heterocycles. The van der Waals surface area contributed by atoms with Crippen molar-refractivity contribution in [1.29, 1.82) is 0 Å². The summed E-state index contributed by atoms with van der Waals surface area (Å²) in [5.74, 6) is 0.568. The van der Waals surface area contributed by atoms with Crippen LogP contribution in [0.3, 0.4) is 0 Å². The van der Waals surface area contributed by atoms with Crippen molar-refractivity contribution in [2.45, 2.75) is 12.6 Å². The summed E-state index contributed by atoms with van der Waals surface area (Å²) in [5.41, 5.74) is 1.01. The maximum absolute atomic E-state index is 13.5. The monoisotopic (exact) mass is 372 g/mol. The molecule has 0 unspecified atom stereocenters. The Balaban J connectivity index is 1.69. The van der Waals surface area contributed by atoms with E-state index in [2.05, 4.69) is 43.8 Å². The maximum atomic E-state index is 13.5. The van der Waals surface area contributed by atoms with Crippen molar-refractivity contribution in [1.82, 2.24) is 30.0 Å². The van der Waals surface area contributed by atoms with E-state index in [0.29, 0.717) is 6.54 Å². The minimum atomic E-state index is -0.232. The molecular formula is C18H21FN6S. The number of hydrogen-bond donors (Lipinski definition) is 0. The van der Waals surface area contributed by atoms with Crippen LogP contribution in [0.25, 0.3) is 0 Å². The highest BCUT2D eigenvalue weighted by molar-refractivity contribution is 7.09. The number of nitrogens with zero attached hydrogens (tertiary/aromatic N) is 6. The predicted molar refractivity (Wildman–Crippen MR) is 98.6 cm³/mol. The van der Waals surface area contributed by atoms with Gasteiger partial charge >= 0.3 is 0 Å². The first-order valence-electron chi connectivity index (χ1n) is 8.67. The molecule has 6 nitrogen and oxygen atoms in total. The topological polar surface area (TPSA) is 50.1 Å². The molecule has 1 aliphatic rings. The lowest BCUT2D eigenvalue weighted by molar-refractivity contribution is 0.121. The van der Waals surface area contributed by atoms with Gasteiger partial charge in [0.1, 0.15) is 5.82 Å². The smallest absolute Gasteiger partial charge is 0.173 e. The SMILES string of the molecule is CN1CCN([C@H](c2ccc(F)cc2)c2nnnn2Cc2cccs2)CC1. The van der Waals surface area contributed by atoms with Crippen LogP contribution in [-0.4, -0.2) is 63.2 Å². The van der Waals surface area contributed by atoms with Gasteiger partial charge < -0.3 is 4.90 Å². The predicted octanol–water partition coefficient (Wildman–Crippen LogP) is 2.26. The highest BCUT2D eigenvalue weighted by Crippen LogP contribution is 2.28. The van der Waals surface area contributed by atoms with Gasteiger partial charge in [0.05, 0.1) is 12.6 Å². The van der Waals surface area contributed by atoms with Crippen LogP contribution in [0.2, 0.25) is 0 Å². The van der Waals surface area contributed by atoms with E-state index in [9.17, 15) is 4.39 Å². The molecule has 1 aliphatic heterocycles. The van der Waals surface area contributed by atoms with Crippen LogP contribution in [0.1, 0.15) is 22.3 Å². The van der Waals surface area contributed by atoms with Gasteiger partial charge in [-0.15, -0.1) is 16.4 Å². The van der Waals surface area contributed by atoms with Crippen LogP contribution in [0.4, 0.5) is 4.39 Å². The van der Waals surface area contributed by atoms with Crippen LogP contribution in [-0.2, 0) is 6.54 Å². The number of thiophene rings is 1. The molecule has 0 spiro atoms. The van der Waals surface area contributed by atoms with Crippen molar-refractivity contribution in [3.63, 3.8) is 0 Å². The Morgan fingerprint density at radius 2 is 1.88 bits per heavy atom. The van der Waals surface area contributed by atoms with Gasteiger partial charge in [0.25, 0.3) is 0 Å². The summed E-state index contributed by atoms with van der Waals surface area (Å²) in [4.78, 5) is 5.89. The Kier molecular flexibility index (Phi) is 5.05. The van der Waals surface area contributed by atoms with E-state index >= 15 is 0 Å². The minimum absolute atomic E-state index is 0.0840. The second kappa shape index (κ2) is 7.61. The van der Waals surface area contributed by atoms with Crippen molar-refractivity contribution in [2.24, 2.45) is 0 Å². The molecule has 1 fully saturated rings. The van der Waals surface area contributed by atoms with E-state index < -0.39 is 0 Å². The van der Waals surface area contributed by atoms with Crippen molar-refractivity contribution in [3.05, 3.63) is 63.9 Å². The van der Waals surface area contributed by atoms with E-state index in [4.69, 9.17) is 0 Å². The minimum Gasteiger partial charge on any atom is -0.304 e. The third-order valence-corrected chi connectivity index (χ3v) is 5.64. The number of tetrazole rings is 1. The highest BCUT2D eigenvalue weighted by Gasteiger charge is 2.30. The van der Waals surface area contributed by atoms with Crippen molar-refractivity contribution in [2.75, 3.05) is 33.2 Å². The zero-order valence-corrected chi connectivity index (χ0v) is 15.4. The lowest BCUT2D eigenvalue weighted by Crippen LogP contribution is -2.46. The van der Waals surface area contributed by atoms with Crippen LogP contribution in [0.15, 0.2) is 41.8 Å². The van der Waals surface area contributed by atoms with Crippen LogP contribution >= 0.6 is 11.3 Å². The zero-order chi connectivity index (χ0) is 17.9. The molecule has 1 saturated heterocycles. The summed E-state index contributed by atoms with van der Waals surface area (Å²) in [6.07, 6.45) is 0. The Morgan fingerprint density at radius 1 is 1.12 bits per heavy atom. The lowest BCUT2D eigenvalue weighted by Gasteiger charge is -2.37. The molecule has 8 heteroatoms. The average Bonchev–Trinajstić information content (AvgIpc) is 3.32. The van der Waals surface area contributed by atoms with E-state index in [1.54, 1.807) is 11.3 Å². The van der Waals surface area contributed by atoms with Crippen LogP contribution in [0, 0.1) is 5.82 Å². The number of rotatable bonds is 5. The molecular weight excluding hydrogens is 351 g/mol. The summed E-state index contributed by atoms with van der Waals surface area (Å²) in [6, 6.07) is 10.7. The Morgan fingerprint density at radius 3 is 2.58 bits per heavy atom. The third-order valence-electron chi connectivity index (χ3n) is 4.78. The number of likely N-dealkylation sites (N-methyl/N-ethyl adjacent to an activating group) is 1. The molecule has 1 atom stereocenters. The van der Waals surface area contributed by atoms with E-state index in [-0.39, 0.29) is 11.9 Å². The number of piperazine rings is 1. The Labute approximate surface area is 155 Å². The lowest BCUT2D eigenvalue weighted by atomic mass is 10.0. The molecule has 0 radical (unpaired) electrons. The molecule has 0 amide bonds. The highest BCUT2D eigenvalue weighted by atomic mass is 32.1.